The van der Waals surface area contributed by atoms with Crippen LogP contribution in [-0.4, -0.2) is 54.3 Å². The molecule has 0 radical (unpaired) electrons. The van der Waals surface area contributed by atoms with E-state index in [0.29, 0.717) is 12.8 Å². The van der Waals surface area contributed by atoms with Crippen molar-refractivity contribution in [1.82, 2.24) is 0 Å². The molecule has 0 aliphatic carbocycles. The molecular formula is C11H24N2O4S4. The Morgan fingerprint density at radius 3 is 1.76 bits per heavy atom. The highest BCUT2D eigenvalue weighted by Crippen LogP contribution is 2.03. The Bertz CT molecular complexity index is 285. The van der Waals surface area contributed by atoms with Crippen LogP contribution in [0.3, 0.4) is 0 Å². The summed E-state index contributed by atoms with van der Waals surface area (Å²) in [5.74, 6) is 0.971. The predicted molar refractivity (Wildman–Crippen MR) is 96.6 cm³/mol. The molecule has 126 valence electrons. The van der Waals surface area contributed by atoms with Gasteiger partial charge in [0.2, 0.25) is 0 Å². The molecule has 0 heterocycles. The minimum Gasteiger partial charge on any atom is -0.393 e. The van der Waals surface area contributed by atoms with Gasteiger partial charge in [0.25, 0.3) is 0 Å². The van der Waals surface area contributed by atoms with Gasteiger partial charge in [0, 0.05) is 19.2 Å². The molecular weight excluding hydrogens is 352 g/mol. The Morgan fingerprint density at radius 2 is 1.43 bits per heavy atom. The normalized spacial score (nSPS) is 12.7. The van der Waals surface area contributed by atoms with Crippen LogP contribution in [0.15, 0.2) is 0 Å². The number of carbonyl (C=O) groups is 2. The molecule has 0 fully saturated rings. The quantitative estimate of drug-likeness (QED) is 0.406. The van der Waals surface area contributed by atoms with E-state index in [4.69, 9.17) is 11.5 Å². The molecule has 0 aliphatic heterocycles. The van der Waals surface area contributed by atoms with Crippen LogP contribution in [0.1, 0.15) is 12.8 Å². The lowest BCUT2D eigenvalue weighted by Gasteiger charge is -2.07. The van der Waals surface area contributed by atoms with Gasteiger partial charge >= 0.3 is 11.9 Å². The molecule has 0 aromatic carbocycles. The van der Waals surface area contributed by atoms with Crippen LogP contribution in [-0.2, 0) is 18.0 Å². The molecule has 21 heavy (non-hydrogen) atoms. The van der Waals surface area contributed by atoms with Gasteiger partial charge in [-0.25, -0.2) is 9.59 Å². The number of thioether (sulfide) groups is 2. The van der Waals surface area contributed by atoms with Crippen molar-refractivity contribution in [2.24, 2.45) is 11.5 Å². The maximum atomic E-state index is 10.9. The summed E-state index contributed by atoms with van der Waals surface area (Å²) >= 11 is 7.69. The number of rotatable bonds is 9. The van der Waals surface area contributed by atoms with Gasteiger partial charge in [0.05, 0.1) is 12.0 Å². The lowest BCUT2D eigenvalue weighted by atomic mass is 10.2. The van der Waals surface area contributed by atoms with Gasteiger partial charge in [-0.15, -0.1) is 0 Å². The zero-order chi connectivity index (χ0) is 16.7. The molecule has 0 aromatic rings. The van der Waals surface area contributed by atoms with Crippen molar-refractivity contribution in [3.8, 4) is 0 Å². The highest BCUT2D eigenvalue weighted by molar-refractivity contribution is 7.98. The number of thiol groups is 1. The third kappa shape index (κ3) is 14.9. The number of carbonyl (C=O) groups excluding carboxylic acids is 2. The van der Waals surface area contributed by atoms with Crippen LogP contribution in [0, 0.1) is 0 Å². The molecule has 0 rings (SSSR count). The van der Waals surface area contributed by atoms with Crippen LogP contribution < -0.4 is 11.5 Å². The summed E-state index contributed by atoms with van der Waals surface area (Å²) in [7, 11) is 0. The molecule has 0 unspecified atom stereocenters. The van der Waals surface area contributed by atoms with Crippen molar-refractivity contribution in [1.29, 1.82) is 0 Å². The summed E-state index contributed by atoms with van der Waals surface area (Å²) in [6.45, 7) is 0. The molecule has 0 saturated heterocycles. The Hall–Kier alpha value is 0.260. The summed E-state index contributed by atoms with van der Waals surface area (Å²) in [4.78, 5) is 21.5. The van der Waals surface area contributed by atoms with Crippen molar-refractivity contribution in [2.75, 3.05) is 30.3 Å². The van der Waals surface area contributed by atoms with Gasteiger partial charge in [-0.3, -0.25) is 0 Å². The van der Waals surface area contributed by atoms with Crippen LogP contribution in [0.4, 0.5) is 0 Å². The second-order valence-corrected chi connectivity index (χ2v) is 6.41. The zero-order valence-corrected chi connectivity index (χ0v) is 15.8. The van der Waals surface area contributed by atoms with Gasteiger partial charge in [0.15, 0.2) is 0 Å². The summed E-state index contributed by atoms with van der Waals surface area (Å²) in [5.41, 5.74) is 10.9. The summed E-state index contributed by atoms with van der Waals surface area (Å²) in [6.07, 6.45) is 6.95. The average Bonchev–Trinajstić information content (AvgIpc) is 2.50. The fraction of sp³-hybridized carbons (Fsp3) is 0.818. The topological polar surface area (TPSA) is 105 Å². The van der Waals surface area contributed by atoms with E-state index in [2.05, 4.69) is 21.3 Å². The van der Waals surface area contributed by atoms with Crippen molar-refractivity contribution in [2.45, 2.75) is 24.9 Å². The van der Waals surface area contributed by atoms with Gasteiger partial charge in [-0.05, 0) is 36.9 Å². The zero-order valence-electron chi connectivity index (χ0n) is 12.4. The molecule has 4 N–H and O–H groups in total. The van der Waals surface area contributed by atoms with E-state index >= 15 is 0 Å². The van der Waals surface area contributed by atoms with Gasteiger partial charge in [-0.1, -0.05) is 0 Å². The van der Waals surface area contributed by atoms with Crippen molar-refractivity contribution in [3.63, 3.8) is 0 Å². The maximum absolute atomic E-state index is 10.9. The molecule has 0 aliphatic rings. The van der Waals surface area contributed by atoms with E-state index in [1.807, 2.05) is 12.5 Å². The maximum Gasteiger partial charge on any atom is 0.334 e. The van der Waals surface area contributed by atoms with Crippen molar-refractivity contribution >= 4 is 60.4 Å². The second-order valence-electron chi connectivity index (χ2n) is 3.76. The summed E-state index contributed by atoms with van der Waals surface area (Å²) in [6, 6.07) is -0.986. The van der Waals surface area contributed by atoms with Crippen LogP contribution in [0.25, 0.3) is 0 Å². The third-order valence-electron chi connectivity index (χ3n) is 2.13. The second kappa shape index (κ2) is 16.6. The minimum absolute atomic E-state index is 0.327. The first-order valence-electron chi connectivity index (χ1n) is 6.03. The fourth-order valence-electron chi connectivity index (χ4n) is 0.937. The first-order chi connectivity index (χ1) is 9.94. The van der Waals surface area contributed by atoms with Gasteiger partial charge in [-0.2, -0.15) is 23.5 Å². The highest BCUT2D eigenvalue weighted by Gasteiger charge is 2.13. The Kier molecular flexibility index (Phi) is 18.6. The van der Waals surface area contributed by atoms with E-state index in [-0.39, 0.29) is 5.97 Å². The van der Waals surface area contributed by atoms with Crippen molar-refractivity contribution < 1.29 is 18.0 Å². The third-order valence-corrected chi connectivity index (χ3v) is 3.93. The monoisotopic (exact) mass is 376 g/mol. The summed E-state index contributed by atoms with van der Waals surface area (Å²) < 4.78 is 8.77. The predicted octanol–water partition coefficient (Wildman–Crippen LogP) is 1.34. The van der Waals surface area contributed by atoms with E-state index in [1.165, 1.54) is 0 Å². The number of hydrogen-bond donors (Lipinski definition) is 3. The SMILES string of the molecule is CSCC[C@H](N)C(=O)OS.CSCC[C@H](N)C(=O)OSC. The highest BCUT2D eigenvalue weighted by atomic mass is 32.2. The Balaban J connectivity index is 0. The molecule has 0 bridgehead atoms. The minimum atomic E-state index is -0.523. The first kappa shape index (κ1) is 23.5. The largest absolute Gasteiger partial charge is 0.393 e. The average molecular weight is 377 g/mol. The Morgan fingerprint density at radius 1 is 1.00 bits per heavy atom. The van der Waals surface area contributed by atoms with E-state index in [0.717, 1.165) is 23.5 Å². The van der Waals surface area contributed by atoms with Crippen LogP contribution in [0.2, 0.25) is 0 Å². The molecule has 0 amide bonds. The van der Waals surface area contributed by atoms with Gasteiger partial charge < -0.3 is 19.8 Å². The number of hydrogen-bond acceptors (Lipinski definition) is 10. The first-order valence-corrected chi connectivity index (χ1v) is 10.3. The lowest BCUT2D eigenvalue weighted by Crippen LogP contribution is -2.31. The van der Waals surface area contributed by atoms with E-state index in [9.17, 15) is 9.59 Å². The lowest BCUT2D eigenvalue weighted by molar-refractivity contribution is -0.135. The number of nitrogens with two attached hydrogens (primary N) is 2. The smallest absolute Gasteiger partial charge is 0.334 e. The summed E-state index contributed by atoms with van der Waals surface area (Å²) in [5, 5.41) is 0. The van der Waals surface area contributed by atoms with Crippen LogP contribution >= 0.6 is 48.5 Å². The standard InChI is InChI=1S/C6H13NO2S2.C5H11NO2S2/c1-10-4-3-5(7)6(8)9-11-2;1-10-3-2-4(6)5(7)8-9/h5H,3-4,7H2,1-2H3;4,9H,2-3,6H2,1H3/t5-;4-/m00/s1. The van der Waals surface area contributed by atoms with Crippen LogP contribution in [0.5, 0.6) is 0 Å². The van der Waals surface area contributed by atoms with E-state index < -0.39 is 18.1 Å². The molecule has 0 aromatic heterocycles. The molecule has 0 spiro atoms. The fourth-order valence-corrected chi connectivity index (χ4v) is 2.34. The molecule has 10 heteroatoms. The molecule has 6 nitrogen and oxygen atoms in total. The Labute approximate surface area is 145 Å². The van der Waals surface area contributed by atoms with E-state index in [1.54, 1.807) is 29.8 Å². The molecule has 2 atom stereocenters. The van der Waals surface area contributed by atoms with Gasteiger partial charge in [0.1, 0.15) is 12.1 Å². The van der Waals surface area contributed by atoms with Crippen molar-refractivity contribution in [3.05, 3.63) is 0 Å². The molecule has 0 saturated carbocycles.